The van der Waals surface area contributed by atoms with Crippen molar-refractivity contribution in [2.24, 2.45) is 0 Å². The number of benzene rings is 1. The van der Waals surface area contributed by atoms with E-state index in [-0.39, 0.29) is 11.9 Å². The van der Waals surface area contributed by atoms with Gasteiger partial charge >= 0.3 is 0 Å². The average molecular weight is 225 g/mol. The van der Waals surface area contributed by atoms with E-state index in [1.54, 1.807) is 6.07 Å². The topological polar surface area (TPSA) is 41.1 Å². The van der Waals surface area contributed by atoms with Crippen molar-refractivity contribution in [1.29, 1.82) is 0 Å². The van der Waals surface area contributed by atoms with Crippen molar-refractivity contribution in [3.05, 3.63) is 23.2 Å². The average Bonchev–Trinajstić information content (AvgIpc) is 2.21. The van der Waals surface area contributed by atoms with Crippen LogP contribution in [0, 0.1) is 0 Å². The van der Waals surface area contributed by atoms with E-state index in [1.807, 2.05) is 12.1 Å². The molecular weight excluding hydrogens is 212 g/mol. The highest BCUT2D eigenvalue weighted by Gasteiger charge is 2.25. The fraction of sp³-hybridized carbons (Fsp3) is 0.364. The number of hydrogen-bond acceptors (Lipinski definition) is 2. The summed E-state index contributed by atoms with van der Waals surface area (Å²) in [6.45, 7) is 2.06. The second kappa shape index (κ2) is 4.11. The Kier molecular flexibility index (Phi) is 2.82. The summed E-state index contributed by atoms with van der Waals surface area (Å²) in [5, 5.41) is 6.59. The molecule has 4 heteroatoms. The van der Waals surface area contributed by atoms with E-state index in [0.717, 1.165) is 18.5 Å². The summed E-state index contributed by atoms with van der Waals surface area (Å²) in [5.74, 6) is -0.00236. The van der Waals surface area contributed by atoms with Crippen molar-refractivity contribution in [2.45, 2.75) is 25.8 Å². The molecule has 1 aliphatic heterocycles. The van der Waals surface area contributed by atoms with Gasteiger partial charge in [0.15, 0.2) is 0 Å². The van der Waals surface area contributed by atoms with Crippen LogP contribution in [0.4, 0.5) is 11.4 Å². The monoisotopic (exact) mass is 224 g/mol. The highest BCUT2D eigenvalue weighted by Crippen LogP contribution is 2.33. The normalized spacial score (nSPS) is 19.1. The van der Waals surface area contributed by atoms with Gasteiger partial charge in [-0.2, -0.15) is 0 Å². The van der Waals surface area contributed by atoms with E-state index >= 15 is 0 Å². The number of carbonyl (C=O) groups is 1. The lowest BCUT2D eigenvalue weighted by molar-refractivity contribution is -0.117. The molecule has 0 saturated heterocycles. The summed E-state index contributed by atoms with van der Waals surface area (Å²) in [7, 11) is 0. The number of carbonyl (C=O) groups excluding carboxylic acids is 1. The second-order valence-electron chi connectivity index (χ2n) is 3.64. The Morgan fingerprint density at radius 1 is 1.47 bits per heavy atom. The maximum Gasteiger partial charge on any atom is 0.246 e. The summed E-state index contributed by atoms with van der Waals surface area (Å²) < 4.78 is 0. The number of anilines is 2. The van der Waals surface area contributed by atoms with Crippen molar-refractivity contribution < 1.29 is 4.79 Å². The molecule has 0 bridgehead atoms. The van der Waals surface area contributed by atoms with Gasteiger partial charge in [0.25, 0.3) is 0 Å². The molecule has 2 N–H and O–H groups in total. The zero-order valence-corrected chi connectivity index (χ0v) is 9.27. The molecule has 0 radical (unpaired) electrons. The first kappa shape index (κ1) is 10.3. The van der Waals surface area contributed by atoms with E-state index in [0.29, 0.717) is 10.7 Å². The molecule has 80 valence electrons. The van der Waals surface area contributed by atoms with Crippen molar-refractivity contribution in [2.75, 3.05) is 10.6 Å². The number of fused-ring (bicyclic) bond motifs is 1. The lowest BCUT2D eigenvalue weighted by Crippen LogP contribution is -2.38. The minimum absolute atomic E-state index is 0.00236. The molecule has 1 unspecified atom stereocenters. The van der Waals surface area contributed by atoms with Crippen LogP contribution >= 0.6 is 11.6 Å². The molecule has 3 nitrogen and oxygen atoms in total. The molecule has 0 spiro atoms. The standard InChI is InChI=1S/C11H13ClN2O/c1-2-4-9-11(15)14-10-7(12)5-3-6-8(10)13-9/h3,5-6,9,13H,2,4H2,1H3,(H,14,15). The molecule has 1 atom stereocenters. The number of para-hydroxylation sites is 1. The highest BCUT2D eigenvalue weighted by atomic mass is 35.5. The molecule has 0 aliphatic carbocycles. The van der Waals surface area contributed by atoms with Gasteiger partial charge in [-0.05, 0) is 18.6 Å². The van der Waals surface area contributed by atoms with Crippen LogP contribution in [0.25, 0.3) is 0 Å². The van der Waals surface area contributed by atoms with Crippen LogP contribution in [0.3, 0.4) is 0 Å². The van der Waals surface area contributed by atoms with E-state index in [9.17, 15) is 4.79 Å². The number of rotatable bonds is 2. The smallest absolute Gasteiger partial charge is 0.246 e. The van der Waals surface area contributed by atoms with Gasteiger partial charge in [0.2, 0.25) is 5.91 Å². The first-order valence-electron chi connectivity index (χ1n) is 5.08. The maximum atomic E-state index is 11.7. The van der Waals surface area contributed by atoms with Crippen molar-refractivity contribution in [1.82, 2.24) is 0 Å². The van der Waals surface area contributed by atoms with Gasteiger partial charge < -0.3 is 10.6 Å². The summed E-state index contributed by atoms with van der Waals surface area (Å²) >= 11 is 5.98. The first-order chi connectivity index (χ1) is 7.22. The summed E-state index contributed by atoms with van der Waals surface area (Å²) in [5.41, 5.74) is 1.59. The maximum absolute atomic E-state index is 11.7. The van der Waals surface area contributed by atoms with Crippen LogP contribution in [0.5, 0.6) is 0 Å². The van der Waals surface area contributed by atoms with Crippen LogP contribution in [0.2, 0.25) is 5.02 Å². The third-order valence-corrected chi connectivity index (χ3v) is 2.80. The predicted molar refractivity (Wildman–Crippen MR) is 62.4 cm³/mol. The van der Waals surface area contributed by atoms with E-state index in [2.05, 4.69) is 17.6 Å². The van der Waals surface area contributed by atoms with Crippen molar-refractivity contribution in [3.8, 4) is 0 Å². The number of nitrogens with one attached hydrogen (secondary N) is 2. The first-order valence-corrected chi connectivity index (χ1v) is 5.46. The molecule has 1 aromatic carbocycles. The molecule has 1 aromatic rings. The third-order valence-electron chi connectivity index (χ3n) is 2.49. The van der Waals surface area contributed by atoms with Gasteiger partial charge in [0.05, 0.1) is 16.4 Å². The molecular formula is C11H13ClN2O. The molecule has 0 fully saturated rings. The van der Waals surface area contributed by atoms with Gasteiger partial charge in [0, 0.05) is 0 Å². The Labute approximate surface area is 93.8 Å². The molecule has 0 aromatic heterocycles. The van der Waals surface area contributed by atoms with Gasteiger partial charge in [-0.15, -0.1) is 0 Å². The van der Waals surface area contributed by atoms with Gasteiger partial charge in [-0.25, -0.2) is 0 Å². The molecule has 1 heterocycles. The zero-order chi connectivity index (χ0) is 10.8. The lowest BCUT2D eigenvalue weighted by Gasteiger charge is -2.27. The Morgan fingerprint density at radius 3 is 3.00 bits per heavy atom. The van der Waals surface area contributed by atoms with Crippen molar-refractivity contribution in [3.63, 3.8) is 0 Å². The van der Waals surface area contributed by atoms with Crippen LogP contribution in [0.1, 0.15) is 19.8 Å². The second-order valence-corrected chi connectivity index (χ2v) is 4.04. The van der Waals surface area contributed by atoms with Crippen LogP contribution < -0.4 is 10.6 Å². The quantitative estimate of drug-likeness (QED) is 0.811. The number of amides is 1. The highest BCUT2D eigenvalue weighted by molar-refractivity contribution is 6.34. The SMILES string of the molecule is CCCC1Nc2cccc(Cl)c2NC1=O. The van der Waals surface area contributed by atoms with Gasteiger partial charge in [-0.3, -0.25) is 4.79 Å². The molecule has 1 amide bonds. The van der Waals surface area contributed by atoms with Crippen LogP contribution in [-0.4, -0.2) is 11.9 Å². The summed E-state index contributed by atoms with van der Waals surface area (Å²) in [6.07, 6.45) is 1.80. The van der Waals surface area contributed by atoms with Crippen LogP contribution in [-0.2, 0) is 4.79 Å². The Hall–Kier alpha value is -1.22. The van der Waals surface area contributed by atoms with Gasteiger partial charge in [0.1, 0.15) is 6.04 Å². The molecule has 15 heavy (non-hydrogen) atoms. The zero-order valence-electron chi connectivity index (χ0n) is 8.51. The van der Waals surface area contributed by atoms with E-state index in [4.69, 9.17) is 11.6 Å². The summed E-state index contributed by atoms with van der Waals surface area (Å²) in [4.78, 5) is 11.7. The molecule has 0 saturated carbocycles. The molecule has 2 rings (SSSR count). The minimum atomic E-state index is -0.138. The van der Waals surface area contributed by atoms with E-state index in [1.165, 1.54) is 0 Å². The largest absolute Gasteiger partial charge is 0.372 e. The molecule has 1 aliphatic rings. The predicted octanol–water partition coefficient (Wildman–Crippen LogP) is 2.87. The summed E-state index contributed by atoms with van der Waals surface area (Å²) in [6, 6.07) is 5.42. The fourth-order valence-corrected chi connectivity index (χ4v) is 1.95. The van der Waals surface area contributed by atoms with Crippen LogP contribution in [0.15, 0.2) is 18.2 Å². The minimum Gasteiger partial charge on any atom is -0.372 e. The number of halogens is 1. The van der Waals surface area contributed by atoms with E-state index < -0.39 is 0 Å². The van der Waals surface area contributed by atoms with Gasteiger partial charge in [-0.1, -0.05) is 31.0 Å². The Balaban J connectivity index is 2.30. The fourth-order valence-electron chi connectivity index (χ4n) is 1.73. The Morgan fingerprint density at radius 2 is 2.27 bits per heavy atom. The Bertz CT molecular complexity index is 392. The lowest BCUT2D eigenvalue weighted by atomic mass is 10.1. The third kappa shape index (κ3) is 1.92. The number of hydrogen-bond donors (Lipinski definition) is 2. The van der Waals surface area contributed by atoms with Crippen molar-refractivity contribution >= 4 is 28.9 Å².